The molecule has 96 valence electrons. The van der Waals surface area contributed by atoms with Crippen molar-refractivity contribution in [2.45, 2.75) is 59.0 Å². The first kappa shape index (κ1) is 12.8. The van der Waals surface area contributed by atoms with E-state index in [4.69, 9.17) is 0 Å². The van der Waals surface area contributed by atoms with E-state index in [-0.39, 0.29) is 22.7 Å². The molecule has 0 radical (unpaired) electrons. The highest BCUT2D eigenvalue weighted by Crippen LogP contribution is 2.67. The van der Waals surface area contributed by atoms with Crippen LogP contribution in [-0.2, 0) is 4.79 Å². The Morgan fingerprint density at radius 2 is 2.12 bits per heavy atom. The van der Waals surface area contributed by atoms with Gasteiger partial charge in [0.15, 0.2) is 5.78 Å². The molecule has 1 N–H and O–H groups in total. The van der Waals surface area contributed by atoms with Crippen LogP contribution in [0.15, 0.2) is 12.2 Å². The molecule has 2 bridgehead atoms. The SMILES string of the molecule is C=C(C)C(=O)CCC1(C)C2CCC1(C)C(O)C2. The standard InChI is InChI=1S/C15H24O2/c1-10(2)12(16)6-8-14(3)11-5-7-15(14,4)13(17)9-11/h11,13,17H,1,5-9H2,2-4H3. The van der Waals surface area contributed by atoms with Crippen LogP contribution in [0.4, 0.5) is 0 Å². The molecule has 2 aliphatic carbocycles. The lowest BCUT2D eigenvalue weighted by molar-refractivity contribution is -0.116. The van der Waals surface area contributed by atoms with Crippen molar-refractivity contribution >= 4 is 5.78 Å². The zero-order chi connectivity index (χ0) is 12.8. The summed E-state index contributed by atoms with van der Waals surface area (Å²) in [6.45, 7) is 9.97. The average Bonchev–Trinajstić information content (AvgIpc) is 2.61. The molecule has 0 amide bonds. The molecule has 4 atom stereocenters. The maximum absolute atomic E-state index is 11.7. The van der Waals surface area contributed by atoms with Crippen molar-refractivity contribution < 1.29 is 9.90 Å². The second-order valence-electron chi connectivity index (χ2n) is 6.53. The van der Waals surface area contributed by atoms with Crippen molar-refractivity contribution in [1.29, 1.82) is 0 Å². The summed E-state index contributed by atoms with van der Waals surface area (Å²) in [5, 5.41) is 10.2. The highest BCUT2D eigenvalue weighted by atomic mass is 16.3. The second-order valence-corrected chi connectivity index (χ2v) is 6.53. The fraction of sp³-hybridized carbons (Fsp3) is 0.800. The van der Waals surface area contributed by atoms with Crippen molar-refractivity contribution in [2.24, 2.45) is 16.7 Å². The Morgan fingerprint density at radius 3 is 2.53 bits per heavy atom. The molecule has 0 aromatic carbocycles. The van der Waals surface area contributed by atoms with E-state index in [1.54, 1.807) is 6.92 Å². The van der Waals surface area contributed by atoms with Crippen LogP contribution in [0.5, 0.6) is 0 Å². The number of rotatable bonds is 4. The zero-order valence-electron chi connectivity index (χ0n) is 11.3. The van der Waals surface area contributed by atoms with Crippen molar-refractivity contribution in [1.82, 2.24) is 0 Å². The van der Waals surface area contributed by atoms with Crippen molar-refractivity contribution in [3.8, 4) is 0 Å². The third-order valence-electron chi connectivity index (χ3n) is 5.81. The smallest absolute Gasteiger partial charge is 0.158 e. The van der Waals surface area contributed by atoms with Crippen LogP contribution in [0, 0.1) is 16.7 Å². The molecule has 2 rings (SSSR count). The molecular formula is C15H24O2. The summed E-state index contributed by atoms with van der Waals surface area (Å²) in [7, 11) is 0. The van der Waals surface area contributed by atoms with Crippen LogP contribution < -0.4 is 0 Å². The molecular weight excluding hydrogens is 212 g/mol. The number of hydrogen-bond acceptors (Lipinski definition) is 2. The lowest BCUT2D eigenvalue weighted by Gasteiger charge is -2.40. The Morgan fingerprint density at radius 1 is 1.47 bits per heavy atom. The molecule has 2 saturated carbocycles. The number of carbonyl (C=O) groups is 1. The van der Waals surface area contributed by atoms with E-state index in [9.17, 15) is 9.90 Å². The van der Waals surface area contributed by atoms with Gasteiger partial charge in [0, 0.05) is 6.42 Å². The molecule has 2 aliphatic rings. The fourth-order valence-electron chi connectivity index (χ4n) is 4.08. The topological polar surface area (TPSA) is 37.3 Å². The molecule has 0 heterocycles. The van der Waals surface area contributed by atoms with Gasteiger partial charge in [0.1, 0.15) is 0 Å². The van der Waals surface area contributed by atoms with Crippen molar-refractivity contribution in [3.05, 3.63) is 12.2 Å². The summed E-state index contributed by atoms with van der Waals surface area (Å²) in [6.07, 6.45) is 4.56. The number of ketones is 1. The average molecular weight is 236 g/mol. The van der Waals surface area contributed by atoms with Crippen molar-refractivity contribution in [3.63, 3.8) is 0 Å². The van der Waals surface area contributed by atoms with Gasteiger partial charge in [-0.2, -0.15) is 0 Å². The van der Waals surface area contributed by atoms with E-state index < -0.39 is 0 Å². The van der Waals surface area contributed by atoms with E-state index >= 15 is 0 Å². The maximum Gasteiger partial charge on any atom is 0.158 e. The second kappa shape index (κ2) is 3.94. The summed E-state index contributed by atoms with van der Waals surface area (Å²) >= 11 is 0. The molecule has 2 nitrogen and oxygen atoms in total. The molecule has 0 aromatic rings. The van der Waals surface area contributed by atoms with Crippen LogP contribution in [0.1, 0.15) is 52.9 Å². The minimum atomic E-state index is -0.175. The van der Waals surface area contributed by atoms with E-state index in [2.05, 4.69) is 20.4 Å². The van der Waals surface area contributed by atoms with Gasteiger partial charge in [0.2, 0.25) is 0 Å². The Balaban J connectivity index is 2.10. The monoisotopic (exact) mass is 236 g/mol. The summed E-state index contributed by atoms with van der Waals surface area (Å²) in [4.78, 5) is 11.7. The number of hydrogen-bond donors (Lipinski definition) is 1. The first-order valence-corrected chi connectivity index (χ1v) is 6.68. The Labute approximate surface area is 104 Å². The van der Waals surface area contributed by atoms with Gasteiger partial charge < -0.3 is 5.11 Å². The lowest BCUT2D eigenvalue weighted by Crippen LogP contribution is -2.37. The van der Waals surface area contributed by atoms with Gasteiger partial charge in [-0.1, -0.05) is 20.4 Å². The van der Waals surface area contributed by atoms with Crippen LogP contribution >= 0.6 is 0 Å². The lowest BCUT2D eigenvalue weighted by atomic mass is 9.66. The Bertz CT molecular complexity index is 360. The number of aliphatic hydroxyl groups excluding tert-OH is 1. The van der Waals surface area contributed by atoms with E-state index in [0.29, 0.717) is 17.9 Å². The molecule has 4 unspecified atom stereocenters. The van der Waals surface area contributed by atoms with Gasteiger partial charge in [0.05, 0.1) is 6.10 Å². The third-order valence-corrected chi connectivity index (χ3v) is 5.81. The molecule has 0 aliphatic heterocycles. The summed E-state index contributed by atoms with van der Waals surface area (Å²) in [5.74, 6) is 0.774. The van der Waals surface area contributed by atoms with Gasteiger partial charge in [-0.05, 0) is 54.9 Å². The number of Topliss-reactive ketones (excluding diaryl/α,β-unsaturated/α-hetero) is 1. The van der Waals surface area contributed by atoms with E-state index in [0.717, 1.165) is 19.3 Å². The summed E-state index contributed by atoms with van der Waals surface area (Å²) in [6, 6.07) is 0. The maximum atomic E-state index is 11.7. The number of allylic oxidation sites excluding steroid dienone is 1. The van der Waals surface area contributed by atoms with Crippen LogP contribution in [0.2, 0.25) is 0 Å². The number of aliphatic hydroxyl groups is 1. The van der Waals surface area contributed by atoms with Gasteiger partial charge in [-0.3, -0.25) is 4.79 Å². The minimum Gasteiger partial charge on any atom is -0.393 e. The third kappa shape index (κ3) is 1.69. The summed E-state index contributed by atoms with van der Waals surface area (Å²) < 4.78 is 0. The molecule has 2 fully saturated rings. The van der Waals surface area contributed by atoms with Gasteiger partial charge >= 0.3 is 0 Å². The van der Waals surface area contributed by atoms with E-state index in [1.165, 1.54) is 6.42 Å². The van der Waals surface area contributed by atoms with Gasteiger partial charge in [0.25, 0.3) is 0 Å². The first-order chi connectivity index (χ1) is 7.81. The summed E-state index contributed by atoms with van der Waals surface area (Å²) in [5.41, 5.74) is 0.814. The van der Waals surface area contributed by atoms with Crippen LogP contribution in [0.3, 0.4) is 0 Å². The number of fused-ring (bicyclic) bond motifs is 2. The first-order valence-electron chi connectivity index (χ1n) is 6.68. The fourth-order valence-corrected chi connectivity index (χ4v) is 4.08. The highest BCUT2D eigenvalue weighted by Gasteiger charge is 2.62. The molecule has 0 aromatic heterocycles. The largest absolute Gasteiger partial charge is 0.393 e. The Kier molecular flexibility index (Phi) is 2.97. The van der Waals surface area contributed by atoms with Crippen LogP contribution in [-0.4, -0.2) is 17.0 Å². The quantitative estimate of drug-likeness (QED) is 0.762. The van der Waals surface area contributed by atoms with E-state index in [1.807, 2.05) is 0 Å². The predicted molar refractivity (Wildman–Crippen MR) is 68.6 cm³/mol. The highest BCUT2D eigenvalue weighted by molar-refractivity contribution is 5.94. The Hall–Kier alpha value is -0.630. The predicted octanol–water partition coefficient (Wildman–Crippen LogP) is 3.10. The molecule has 17 heavy (non-hydrogen) atoms. The van der Waals surface area contributed by atoms with Gasteiger partial charge in [-0.15, -0.1) is 0 Å². The molecule has 0 saturated heterocycles. The van der Waals surface area contributed by atoms with Crippen LogP contribution in [0.25, 0.3) is 0 Å². The normalized spacial score (nSPS) is 44.0. The van der Waals surface area contributed by atoms with Gasteiger partial charge in [-0.25, -0.2) is 0 Å². The minimum absolute atomic E-state index is 0.0209. The zero-order valence-corrected chi connectivity index (χ0v) is 11.3. The van der Waals surface area contributed by atoms with Crippen molar-refractivity contribution in [2.75, 3.05) is 0 Å². The molecule has 2 heteroatoms. The number of carbonyl (C=O) groups excluding carboxylic acids is 1. The molecule has 0 spiro atoms.